The molecule has 1 saturated carbocycles. The average Bonchev–Trinajstić information content (AvgIpc) is 2.58. The van der Waals surface area contributed by atoms with Crippen LogP contribution in [0.1, 0.15) is 37.3 Å². The van der Waals surface area contributed by atoms with E-state index in [0.717, 1.165) is 25.7 Å². The van der Waals surface area contributed by atoms with Crippen molar-refractivity contribution >= 4 is 5.78 Å². The second-order valence-electron chi connectivity index (χ2n) is 7.19. The molecule has 2 aromatic rings. The van der Waals surface area contributed by atoms with Crippen LogP contribution in [0.25, 0.3) is 0 Å². The van der Waals surface area contributed by atoms with E-state index in [2.05, 4.69) is 31.2 Å². The van der Waals surface area contributed by atoms with Crippen molar-refractivity contribution in [2.45, 2.75) is 39.0 Å². The Bertz CT molecular complexity index is 679. The van der Waals surface area contributed by atoms with Crippen molar-refractivity contribution in [2.24, 2.45) is 17.8 Å². The molecule has 1 nitrogen and oxygen atoms in total. The molecule has 0 saturated heterocycles. The van der Waals surface area contributed by atoms with Gasteiger partial charge in [0.2, 0.25) is 0 Å². The van der Waals surface area contributed by atoms with E-state index in [1.54, 1.807) is 18.2 Å². The molecule has 1 aliphatic carbocycles. The van der Waals surface area contributed by atoms with Crippen LogP contribution in [0.2, 0.25) is 0 Å². The lowest BCUT2D eigenvalue weighted by atomic mass is 9.71. The van der Waals surface area contributed by atoms with Crippen LogP contribution in [0.4, 0.5) is 4.39 Å². The number of benzene rings is 2. The van der Waals surface area contributed by atoms with Gasteiger partial charge in [-0.1, -0.05) is 55.5 Å². The molecular formula is C22H25FO. The number of halogens is 1. The van der Waals surface area contributed by atoms with Gasteiger partial charge in [-0.25, -0.2) is 4.39 Å². The molecule has 1 fully saturated rings. The first-order chi connectivity index (χ1) is 11.6. The summed E-state index contributed by atoms with van der Waals surface area (Å²) in [7, 11) is 0. The molecule has 3 atom stereocenters. The summed E-state index contributed by atoms with van der Waals surface area (Å²) in [6.45, 7) is 2.18. The van der Waals surface area contributed by atoms with Gasteiger partial charge in [0.1, 0.15) is 11.6 Å². The van der Waals surface area contributed by atoms with Crippen LogP contribution < -0.4 is 0 Å². The molecule has 0 bridgehead atoms. The van der Waals surface area contributed by atoms with Gasteiger partial charge >= 0.3 is 0 Å². The van der Waals surface area contributed by atoms with Crippen LogP contribution >= 0.6 is 0 Å². The maximum Gasteiger partial charge on any atom is 0.140 e. The Morgan fingerprint density at radius 3 is 2.46 bits per heavy atom. The van der Waals surface area contributed by atoms with Gasteiger partial charge in [-0.3, -0.25) is 4.79 Å². The Labute approximate surface area is 143 Å². The molecule has 0 spiro atoms. The summed E-state index contributed by atoms with van der Waals surface area (Å²) in [4.78, 5) is 12.6. The lowest BCUT2D eigenvalue weighted by Crippen LogP contribution is -2.31. The number of carbonyl (C=O) groups excluding carboxylic acids is 1. The maximum atomic E-state index is 13.8. The van der Waals surface area contributed by atoms with E-state index < -0.39 is 0 Å². The summed E-state index contributed by atoms with van der Waals surface area (Å²) in [5, 5.41) is 0. The minimum atomic E-state index is -0.267. The zero-order valence-electron chi connectivity index (χ0n) is 14.2. The molecule has 0 amide bonds. The van der Waals surface area contributed by atoms with E-state index in [1.165, 1.54) is 11.6 Å². The number of rotatable bonds is 5. The Balaban J connectivity index is 1.57. The Kier molecular flexibility index (Phi) is 5.44. The standard InChI is InChI=1S/C22H25FO/c1-16-13-18(14-17-7-3-2-4-8-17)11-12-20(16)22(24)15-19-9-5-6-10-21(19)23/h2-10,16,18,20H,11-15H2,1H3. The molecule has 2 aromatic carbocycles. The molecule has 3 unspecified atom stereocenters. The highest BCUT2D eigenvalue weighted by molar-refractivity contribution is 5.83. The molecular weight excluding hydrogens is 299 g/mol. The number of carbonyl (C=O) groups is 1. The quantitative estimate of drug-likeness (QED) is 0.736. The Morgan fingerprint density at radius 2 is 1.75 bits per heavy atom. The SMILES string of the molecule is CC1CC(Cc2ccccc2)CCC1C(=O)Cc1ccccc1F. The normalized spacial score (nSPS) is 23.8. The van der Waals surface area contributed by atoms with E-state index >= 15 is 0 Å². The van der Waals surface area contributed by atoms with Crippen LogP contribution in [-0.4, -0.2) is 5.78 Å². The van der Waals surface area contributed by atoms with Crippen LogP contribution in [0, 0.1) is 23.6 Å². The van der Waals surface area contributed by atoms with E-state index in [0.29, 0.717) is 17.4 Å². The van der Waals surface area contributed by atoms with Crippen molar-refractivity contribution in [3.05, 3.63) is 71.5 Å². The summed E-state index contributed by atoms with van der Waals surface area (Å²) in [5.74, 6) is 1.05. The molecule has 2 heteroatoms. The second-order valence-corrected chi connectivity index (χ2v) is 7.19. The zero-order valence-corrected chi connectivity index (χ0v) is 14.2. The Morgan fingerprint density at radius 1 is 1.04 bits per heavy atom. The van der Waals surface area contributed by atoms with Gasteiger partial charge in [0.05, 0.1) is 0 Å². The second kappa shape index (κ2) is 7.74. The van der Waals surface area contributed by atoms with Gasteiger partial charge in [-0.05, 0) is 54.7 Å². The minimum absolute atomic E-state index is 0.0802. The monoisotopic (exact) mass is 324 g/mol. The molecule has 0 aliphatic heterocycles. The van der Waals surface area contributed by atoms with Gasteiger partial charge in [-0.15, -0.1) is 0 Å². The van der Waals surface area contributed by atoms with E-state index in [1.807, 2.05) is 6.07 Å². The number of hydrogen-bond donors (Lipinski definition) is 0. The highest BCUT2D eigenvalue weighted by Crippen LogP contribution is 2.36. The van der Waals surface area contributed by atoms with Crippen molar-refractivity contribution in [2.75, 3.05) is 0 Å². The third-order valence-electron chi connectivity index (χ3n) is 5.38. The Hall–Kier alpha value is -1.96. The average molecular weight is 324 g/mol. The molecule has 0 heterocycles. The maximum absolute atomic E-state index is 13.8. The van der Waals surface area contributed by atoms with Crippen molar-refractivity contribution in [3.63, 3.8) is 0 Å². The van der Waals surface area contributed by atoms with Crippen LogP contribution in [0.5, 0.6) is 0 Å². The molecule has 24 heavy (non-hydrogen) atoms. The van der Waals surface area contributed by atoms with Gasteiger partial charge in [0.15, 0.2) is 0 Å². The summed E-state index contributed by atoms with van der Waals surface area (Å²) >= 11 is 0. The minimum Gasteiger partial charge on any atom is -0.299 e. The van der Waals surface area contributed by atoms with Gasteiger partial charge in [-0.2, -0.15) is 0 Å². The fourth-order valence-corrected chi connectivity index (χ4v) is 4.08. The number of hydrogen-bond acceptors (Lipinski definition) is 1. The predicted octanol–water partition coefficient (Wildman–Crippen LogP) is 5.23. The first kappa shape index (κ1) is 16.9. The first-order valence-electron chi connectivity index (χ1n) is 8.93. The molecule has 0 radical (unpaired) electrons. The molecule has 0 aromatic heterocycles. The summed E-state index contributed by atoms with van der Waals surface area (Å²) in [5.41, 5.74) is 1.91. The van der Waals surface area contributed by atoms with Crippen LogP contribution in [0.3, 0.4) is 0 Å². The molecule has 126 valence electrons. The summed E-state index contributed by atoms with van der Waals surface area (Å²) in [6, 6.07) is 17.2. The van der Waals surface area contributed by atoms with E-state index in [4.69, 9.17) is 0 Å². The fraction of sp³-hybridized carbons (Fsp3) is 0.409. The lowest BCUT2D eigenvalue weighted by molar-refractivity contribution is -0.125. The van der Waals surface area contributed by atoms with Crippen LogP contribution in [-0.2, 0) is 17.6 Å². The third-order valence-corrected chi connectivity index (χ3v) is 5.38. The molecule has 3 rings (SSSR count). The van der Waals surface area contributed by atoms with E-state index in [9.17, 15) is 9.18 Å². The van der Waals surface area contributed by atoms with Crippen molar-refractivity contribution < 1.29 is 9.18 Å². The van der Waals surface area contributed by atoms with Crippen molar-refractivity contribution in [3.8, 4) is 0 Å². The van der Waals surface area contributed by atoms with E-state index in [-0.39, 0.29) is 23.9 Å². The van der Waals surface area contributed by atoms with Crippen LogP contribution in [0.15, 0.2) is 54.6 Å². The van der Waals surface area contributed by atoms with Crippen molar-refractivity contribution in [1.29, 1.82) is 0 Å². The topological polar surface area (TPSA) is 17.1 Å². The van der Waals surface area contributed by atoms with Gasteiger partial charge in [0.25, 0.3) is 0 Å². The van der Waals surface area contributed by atoms with Gasteiger partial charge in [0, 0.05) is 12.3 Å². The lowest BCUT2D eigenvalue weighted by Gasteiger charge is -2.33. The summed E-state index contributed by atoms with van der Waals surface area (Å²) < 4.78 is 13.8. The zero-order chi connectivity index (χ0) is 16.9. The van der Waals surface area contributed by atoms with Crippen molar-refractivity contribution in [1.82, 2.24) is 0 Å². The first-order valence-corrected chi connectivity index (χ1v) is 8.93. The predicted molar refractivity (Wildman–Crippen MR) is 95.3 cm³/mol. The number of ketones is 1. The van der Waals surface area contributed by atoms with Gasteiger partial charge < -0.3 is 0 Å². The third kappa shape index (κ3) is 4.11. The smallest absolute Gasteiger partial charge is 0.140 e. The largest absolute Gasteiger partial charge is 0.299 e. The fourth-order valence-electron chi connectivity index (χ4n) is 4.08. The molecule has 0 N–H and O–H groups in total. The highest BCUT2D eigenvalue weighted by Gasteiger charge is 2.32. The number of Topliss-reactive ketones (excluding diaryl/α,β-unsaturated/α-hetero) is 1. The highest BCUT2D eigenvalue weighted by atomic mass is 19.1. The molecule has 1 aliphatic rings. The summed E-state index contributed by atoms with van der Waals surface area (Å²) in [6.07, 6.45) is 4.44.